The number of aryl methyl sites for hydroxylation is 1. The molecule has 186 valence electrons. The van der Waals surface area contributed by atoms with Crippen molar-refractivity contribution in [3.05, 3.63) is 64.2 Å². The second-order valence-electron chi connectivity index (χ2n) is 8.48. The first-order valence-electron chi connectivity index (χ1n) is 11.3. The van der Waals surface area contributed by atoms with Crippen LogP contribution in [0, 0.1) is 13.8 Å². The van der Waals surface area contributed by atoms with Crippen molar-refractivity contribution in [2.24, 2.45) is 0 Å². The number of carbonyl (C=O) groups excluding carboxylic acids is 2. The molecular formula is C25H34ClN3O4S. The number of hydrogen-bond acceptors (Lipinski definition) is 4. The average molecular weight is 508 g/mol. The molecular weight excluding hydrogens is 474 g/mol. The number of nitrogens with zero attached hydrogens (tertiary/aromatic N) is 2. The highest BCUT2D eigenvalue weighted by Gasteiger charge is 2.30. The minimum Gasteiger partial charge on any atom is -0.354 e. The molecule has 34 heavy (non-hydrogen) atoms. The molecule has 0 aromatic heterocycles. The number of hydrogen-bond donors (Lipinski definition) is 1. The Kier molecular flexibility index (Phi) is 9.94. The number of unbranched alkanes of at least 4 members (excludes halogenated alkanes) is 1. The quantitative estimate of drug-likeness (QED) is 0.465. The zero-order valence-corrected chi connectivity index (χ0v) is 22.0. The van der Waals surface area contributed by atoms with Crippen molar-refractivity contribution >= 4 is 39.1 Å². The normalized spacial score (nSPS) is 12.2. The Balaban J connectivity index is 2.39. The molecule has 1 atom stereocenters. The third kappa shape index (κ3) is 7.46. The summed E-state index contributed by atoms with van der Waals surface area (Å²) >= 11 is 6.21. The van der Waals surface area contributed by atoms with Gasteiger partial charge in [-0.1, -0.05) is 60.8 Å². The third-order valence-electron chi connectivity index (χ3n) is 5.62. The van der Waals surface area contributed by atoms with Gasteiger partial charge >= 0.3 is 0 Å². The maximum absolute atomic E-state index is 13.5. The summed E-state index contributed by atoms with van der Waals surface area (Å²) in [5.74, 6) is -0.760. The number of sulfonamides is 1. The Morgan fingerprint density at radius 3 is 2.41 bits per heavy atom. The largest absolute Gasteiger partial charge is 0.354 e. The van der Waals surface area contributed by atoms with E-state index in [4.69, 9.17) is 11.6 Å². The fraction of sp³-hybridized carbons (Fsp3) is 0.440. The molecule has 0 aliphatic rings. The van der Waals surface area contributed by atoms with Crippen LogP contribution in [-0.4, -0.2) is 50.5 Å². The molecule has 0 saturated heterocycles. The van der Waals surface area contributed by atoms with Gasteiger partial charge < -0.3 is 10.2 Å². The third-order valence-corrected chi connectivity index (χ3v) is 7.16. The van der Waals surface area contributed by atoms with Gasteiger partial charge in [0.25, 0.3) is 0 Å². The van der Waals surface area contributed by atoms with E-state index in [2.05, 4.69) is 5.32 Å². The van der Waals surface area contributed by atoms with Crippen LogP contribution in [0.1, 0.15) is 43.4 Å². The van der Waals surface area contributed by atoms with Crippen LogP contribution >= 0.6 is 11.6 Å². The van der Waals surface area contributed by atoms with Gasteiger partial charge in [-0.2, -0.15) is 0 Å². The van der Waals surface area contributed by atoms with Crippen molar-refractivity contribution in [1.29, 1.82) is 0 Å². The lowest BCUT2D eigenvalue weighted by atomic mass is 10.1. The lowest BCUT2D eigenvalue weighted by Gasteiger charge is -2.32. The summed E-state index contributed by atoms with van der Waals surface area (Å²) in [6.07, 6.45) is 2.81. The standard InChI is InChI=1S/C25H34ClN3O4S/c1-6-7-14-27-25(31)20(4)28(16-21-11-8-10-18(2)15-21)24(30)17-29(34(5,32)33)23-13-9-12-22(26)19(23)3/h8-13,15,20H,6-7,14,16-17H2,1-5H3,(H,27,31). The highest BCUT2D eigenvalue weighted by atomic mass is 35.5. The first kappa shape index (κ1) is 27.7. The molecule has 0 spiro atoms. The van der Waals surface area contributed by atoms with Gasteiger partial charge in [0.2, 0.25) is 21.8 Å². The van der Waals surface area contributed by atoms with Gasteiger partial charge in [0, 0.05) is 18.1 Å². The number of rotatable bonds is 11. The van der Waals surface area contributed by atoms with Crippen molar-refractivity contribution in [1.82, 2.24) is 10.2 Å². The predicted octanol–water partition coefficient (Wildman–Crippen LogP) is 4.06. The summed E-state index contributed by atoms with van der Waals surface area (Å²) in [6.45, 7) is 7.58. The summed E-state index contributed by atoms with van der Waals surface area (Å²) in [6, 6.07) is 11.8. The topological polar surface area (TPSA) is 86.8 Å². The Morgan fingerprint density at radius 2 is 1.79 bits per heavy atom. The van der Waals surface area contributed by atoms with E-state index in [1.54, 1.807) is 32.0 Å². The summed E-state index contributed by atoms with van der Waals surface area (Å²) in [5.41, 5.74) is 2.76. The minimum atomic E-state index is -3.80. The molecule has 2 rings (SSSR count). The molecule has 0 fully saturated rings. The van der Waals surface area contributed by atoms with Gasteiger partial charge in [0.05, 0.1) is 11.9 Å². The van der Waals surface area contributed by atoms with Crippen molar-refractivity contribution in [2.75, 3.05) is 23.7 Å². The van der Waals surface area contributed by atoms with Gasteiger partial charge in [-0.3, -0.25) is 13.9 Å². The summed E-state index contributed by atoms with van der Waals surface area (Å²) < 4.78 is 26.4. The van der Waals surface area contributed by atoms with E-state index in [-0.39, 0.29) is 12.5 Å². The lowest BCUT2D eigenvalue weighted by molar-refractivity contribution is -0.139. The smallest absolute Gasteiger partial charge is 0.244 e. The van der Waals surface area contributed by atoms with Crippen LogP contribution in [0.5, 0.6) is 0 Å². The van der Waals surface area contributed by atoms with Crippen LogP contribution in [0.25, 0.3) is 0 Å². The van der Waals surface area contributed by atoms with Gasteiger partial charge in [0.1, 0.15) is 12.6 Å². The molecule has 0 aliphatic heterocycles. The highest BCUT2D eigenvalue weighted by molar-refractivity contribution is 7.92. The second kappa shape index (κ2) is 12.2. The molecule has 0 heterocycles. The fourth-order valence-electron chi connectivity index (χ4n) is 3.59. The van der Waals surface area contributed by atoms with Crippen LogP contribution in [-0.2, 0) is 26.2 Å². The van der Waals surface area contributed by atoms with Crippen molar-refractivity contribution < 1.29 is 18.0 Å². The number of anilines is 1. The zero-order chi connectivity index (χ0) is 25.5. The molecule has 2 aromatic rings. The fourth-order valence-corrected chi connectivity index (χ4v) is 4.66. The van der Waals surface area contributed by atoms with E-state index in [0.29, 0.717) is 22.8 Å². The number of halogens is 1. The van der Waals surface area contributed by atoms with Crippen LogP contribution in [0.3, 0.4) is 0 Å². The monoisotopic (exact) mass is 507 g/mol. The molecule has 0 aliphatic carbocycles. The minimum absolute atomic E-state index is 0.176. The molecule has 2 amide bonds. The Hall–Kier alpha value is -2.58. The molecule has 0 bridgehead atoms. The van der Waals surface area contributed by atoms with E-state index in [9.17, 15) is 18.0 Å². The Bertz CT molecular complexity index is 1120. The van der Waals surface area contributed by atoms with Gasteiger partial charge in [-0.05, 0) is 50.5 Å². The number of nitrogens with one attached hydrogen (secondary N) is 1. The summed E-state index contributed by atoms with van der Waals surface area (Å²) in [4.78, 5) is 27.8. The molecule has 1 N–H and O–H groups in total. The van der Waals surface area contributed by atoms with E-state index in [1.165, 1.54) is 4.90 Å². The molecule has 2 aromatic carbocycles. The maximum atomic E-state index is 13.5. The number of amides is 2. The Labute approximate surface area is 208 Å². The van der Waals surface area contributed by atoms with Crippen molar-refractivity contribution in [3.8, 4) is 0 Å². The van der Waals surface area contributed by atoms with E-state index in [1.807, 2.05) is 38.1 Å². The first-order valence-corrected chi connectivity index (χ1v) is 13.5. The number of carbonyl (C=O) groups is 2. The zero-order valence-electron chi connectivity index (χ0n) is 20.5. The maximum Gasteiger partial charge on any atom is 0.244 e. The van der Waals surface area contributed by atoms with Crippen molar-refractivity contribution in [2.45, 2.75) is 53.1 Å². The van der Waals surface area contributed by atoms with Crippen molar-refractivity contribution in [3.63, 3.8) is 0 Å². The van der Waals surface area contributed by atoms with Crippen LogP contribution in [0.2, 0.25) is 5.02 Å². The number of benzene rings is 2. The van der Waals surface area contributed by atoms with Crippen LogP contribution < -0.4 is 9.62 Å². The summed E-state index contributed by atoms with van der Waals surface area (Å²) in [5, 5.41) is 3.27. The van der Waals surface area contributed by atoms with Gasteiger partial charge in [0.15, 0.2) is 0 Å². The molecule has 9 heteroatoms. The molecule has 0 saturated carbocycles. The van der Waals surface area contributed by atoms with E-state index < -0.39 is 28.5 Å². The molecule has 7 nitrogen and oxygen atoms in total. The average Bonchev–Trinajstić information content (AvgIpc) is 2.76. The predicted molar refractivity (Wildman–Crippen MR) is 137 cm³/mol. The highest BCUT2D eigenvalue weighted by Crippen LogP contribution is 2.28. The van der Waals surface area contributed by atoms with E-state index >= 15 is 0 Å². The van der Waals surface area contributed by atoms with Crippen LogP contribution in [0.4, 0.5) is 5.69 Å². The first-order chi connectivity index (χ1) is 16.0. The molecule has 0 radical (unpaired) electrons. The SMILES string of the molecule is CCCCNC(=O)C(C)N(Cc1cccc(C)c1)C(=O)CN(c1cccc(Cl)c1C)S(C)(=O)=O. The second-order valence-corrected chi connectivity index (χ2v) is 10.8. The Morgan fingerprint density at radius 1 is 1.12 bits per heavy atom. The lowest BCUT2D eigenvalue weighted by Crippen LogP contribution is -2.51. The molecule has 1 unspecified atom stereocenters. The van der Waals surface area contributed by atoms with Gasteiger partial charge in [-0.25, -0.2) is 8.42 Å². The summed E-state index contributed by atoms with van der Waals surface area (Å²) in [7, 11) is -3.80. The van der Waals surface area contributed by atoms with E-state index in [0.717, 1.165) is 34.5 Å². The van der Waals surface area contributed by atoms with Gasteiger partial charge in [-0.15, -0.1) is 0 Å². The van der Waals surface area contributed by atoms with Crippen LogP contribution in [0.15, 0.2) is 42.5 Å².